The Labute approximate surface area is 141 Å². The molecule has 3 nitrogen and oxygen atoms in total. The third kappa shape index (κ3) is 3.33. The van der Waals surface area contributed by atoms with Crippen LogP contribution in [0.4, 0.5) is 0 Å². The second kappa shape index (κ2) is 6.85. The molecule has 3 rings (SSSR count). The molecule has 122 valence electrons. The van der Waals surface area contributed by atoms with Crippen LogP contribution in [0.3, 0.4) is 0 Å². The van der Waals surface area contributed by atoms with Gasteiger partial charge in [-0.2, -0.15) is 0 Å². The third-order valence-electron chi connectivity index (χ3n) is 4.66. The topological polar surface area (TPSA) is 40.5 Å². The maximum atomic E-state index is 11.8. The smallest absolute Gasteiger partial charge is 0.320 e. The molecule has 0 bridgehead atoms. The third-order valence-corrected chi connectivity index (χ3v) is 5.77. The van der Waals surface area contributed by atoms with Gasteiger partial charge in [-0.15, -0.1) is 11.3 Å². The molecule has 4 heteroatoms. The van der Waals surface area contributed by atoms with Crippen LogP contribution >= 0.6 is 11.3 Å². The van der Waals surface area contributed by atoms with Crippen LogP contribution in [-0.2, 0) is 4.79 Å². The van der Waals surface area contributed by atoms with Crippen molar-refractivity contribution < 1.29 is 9.90 Å². The lowest BCUT2D eigenvalue weighted by molar-refractivity contribution is -0.145. The summed E-state index contributed by atoms with van der Waals surface area (Å²) < 4.78 is 0. The number of aliphatic carboxylic acids is 1. The van der Waals surface area contributed by atoms with E-state index in [4.69, 9.17) is 0 Å². The van der Waals surface area contributed by atoms with E-state index in [1.165, 1.54) is 21.6 Å². The van der Waals surface area contributed by atoms with E-state index in [0.717, 1.165) is 25.8 Å². The summed E-state index contributed by atoms with van der Waals surface area (Å²) in [5.41, 5.74) is 3.69. The number of hydrogen-bond donors (Lipinski definition) is 1. The van der Waals surface area contributed by atoms with Gasteiger partial charge in [-0.1, -0.05) is 30.7 Å². The number of likely N-dealkylation sites (tertiary alicyclic amines) is 1. The second-order valence-corrected chi connectivity index (χ2v) is 7.32. The molecule has 1 aromatic heterocycles. The molecular formula is C19H23NO2S. The predicted octanol–water partition coefficient (Wildman–Crippen LogP) is 4.39. The number of benzene rings is 1. The van der Waals surface area contributed by atoms with Crippen LogP contribution in [0.2, 0.25) is 0 Å². The van der Waals surface area contributed by atoms with Crippen LogP contribution in [0.5, 0.6) is 0 Å². The van der Waals surface area contributed by atoms with Gasteiger partial charge >= 0.3 is 5.97 Å². The van der Waals surface area contributed by atoms with E-state index in [0.29, 0.717) is 0 Å². The molecule has 23 heavy (non-hydrogen) atoms. The van der Waals surface area contributed by atoms with Crippen LogP contribution in [0.25, 0.3) is 0 Å². The minimum absolute atomic E-state index is 0.0382. The van der Waals surface area contributed by atoms with Crippen molar-refractivity contribution in [2.24, 2.45) is 0 Å². The predicted molar refractivity (Wildman–Crippen MR) is 94.1 cm³/mol. The van der Waals surface area contributed by atoms with Gasteiger partial charge in [0.1, 0.15) is 6.04 Å². The molecule has 2 aromatic rings. The normalized spacial score (nSPS) is 20.3. The number of carbonyl (C=O) groups is 1. The largest absolute Gasteiger partial charge is 0.480 e. The summed E-state index contributed by atoms with van der Waals surface area (Å²) in [4.78, 5) is 15.2. The number of aryl methyl sites for hydroxylation is 2. The average Bonchev–Trinajstić information content (AvgIpc) is 2.96. The Morgan fingerprint density at radius 3 is 2.74 bits per heavy atom. The van der Waals surface area contributed by atoms with Gasteiger partial charge in [0.25, 0.3) is 0 Å². The van der Waals surface area contributed by atoms with E-state index in [1.807, 2.05) is 6.07 Å². The minimum atomic E-state index is -0.698. The SMILES string of the molecule is Cc1csc(C(c2ccccc2C)N2CCCCC2C(=O)O)c1. The first-order valence-electron chi connectivity index (χ1n) is 8.17. The monoisotopic (exact) mass is 329 g/mol. The fourth-order valence-corrected chi connectivity index (χ4v) is 4.55. The fraction of sp³-hybridized carbons (Fsp3) is 0.421. The van der Waals surface area contributed by atoms with Gasteiger partial charge in [-0.25, -0.2) is 0 Å². The maximum Gasteiger partial charge on any atom is 0.320 e. The Morgan fingerprint density at radius 2 is 2.09 bits per heavy atom. The summed E-state index contributed by atoms with van der Waals surface area (Å²) in [6, 6.07) is 10.2. The Kier molecular flexibility index (Phi) is 4.83. The van der Waals surface area contributed by atoms with Gasteiger partial charge < -0.3 is 5.11 Å². The van der Waals surface area contributed by atoms with E-state index >= 15 is 0 Å². The van der Waals surface area contributed by atoms with Gasteiger partial charge in [-0.3, -0.25) is 9.69 Å². The molecule has 1 N–H and O–H groups in total. The molecule has 0 saturated carbocycles. The second-order valence-electron chi connectivity index (χ2n) is 6.37. The van der Waals surface area contributed by atoms with Crippen LogP contribution in [0.1, 0.15) is 46.9 Å². The zero-order valence-electron chi connectivity index (χ0n) is 13.7. The van der Waals surface area contributed by atoms with Crippen molar-refractivity contribution in [2.45, 2.75) is 45.2 Å². The first-order valence-corrected chi connectivity index (χ1v) is 9.05. The standard InChI is InChI=1S/C19H23NO2S/c1-13-11-17(23-12-13)18(15-8-4-3-7-14(15)2)20-10-6-5-9-16(20)19(21)22/h3-4,7-8,11-12,16,18H,5-6,9-10H2,1-2H3,(H,21,22). The molecule has 1 fully saturated rings. The summed E-state index contributed by atoms with van der Waals surface area (Å²) in [5, 5.41) is 11.8. The van der Waals surface area contributed by atoms with E-state index in [2.05, 4.69) is 48.4 Å². The van der Waals surface area contributed by atoms with Crippen LogP contribution in [0.15, 0.2) is 35.7 Å². The highest BCUT2D eigenvalue weighted by molar-refractivity contribution is 7.10. The van der Waals surface area contributed by atoms with E-state index in [9.17, 15) is 9.90 Å². The number of rotatable bonds is 4. The number of nitrogens with zero attached hydrogens (tertiary/aromatic N) is 1. The number of carboxylic acid groups (broad SMARTS) is 1. The Bertz CT molecular complexity index is 694. The minimum Gasteiger partial charge on any atom is -0.480 e. The van der Waals surface area contributed by atoms with E-state index in [1.54, 1.807) is 11.3 Å². The van der Waals surface area contributed by atoms with Gasteiger partial charge in [-0.05, 0) is 61.4 Å². The Hall–Kier alpha value is -1.65. The van der Waals surface area contributed by atoms with Crippen molar-refractivity contribution in [3.8, 4) is 0 Å². The molecule has 0 spiro atoms. The fourth-order valence-electron chi connectivity index (χ4n) is 3.51. The highest BCUT2D eigenvalue weighted by Crippen LogP contribution is 2.38. The van der Waals surface area contributed by atoms with Crippen LogP contribution < -0.4 is 0 Å². The Balaban J connectivity index is 2.08. The van der Waals surface area contributed by atoms with Crippen molar-refractivity contribution in [2.75, 3.05) is 6.54 Å². The van der Waals surface area contributed by atoms with Crippen molar-refractivity contribution in [3.63, 3.8) is 0 Å². The molecule has 0 aliphatic carbocycles. The van der Waals surface area contributed by atoms with Gasteiger partial charge in [0.05, 0.1) is 6.04 Å². The van der Waals surface area contributed by atoms with Crippen LogP contribution in [-0.4, -0.2) is 28.6 Å². The highest BCUT2D eigenvalue weighted by atomic mass is 32.1. The zero-order valence-corrected chi connectivity index (χ0v) is 14.5. The Morgan fingerprint density at radius 1 is 1.30 bits per heavy atom. The van der Waals surface area contributed by atoms with E-state index < -0.39 is 12.0 Å². The number of piperidine rings is 1. The van der Waals surface area contributed by atoms with Crippen molar-refractivity contribution in [3.05, 3.63) is 57.3 Å². The molecule has 1 saturated heterocycles. The molecule has 0 radical (unpaired) electrons. The van der Waals surface area contributed by atoms with Crippen molar-refractivity contribution >= 4 is 17.3 Å². The summed E-state index contributed by atoms with van der Waals surface area (Å²) >= 11 is 1.73. The lowest BCUT2D eigenvalue weighted by Crippen LogP contribution is -2.46. The molecule has 1 aliphatic heterocycles. The van der Waals surface area contributed by atoms with Gasteiger partial charge in [0.15, 0.2) is 0 Å². The molecule has 2 atom stereocenters. The quantitative estimate of drug-likeness (QED) is 0.904. The van der Waals surface area contributed by atoms with E-state index in [-0.39, 0.29) is 6.04 Å². The maximum absolute atomic E-state index is 11.8. The summed E-state index contributed by atoms with van der Waals surface area (Å²) in [5.74, 6) is -0.698. The molecule has 2 unspecified atom stereocenters. The molecule has 1 aromatic carbocycles. The average molecular weight is 329 g/mol. The van der Waals surface area contributed by atoms with Crippen LogP contribution in [0, 0.1) is 13.8 Å². The summed E-state index contributed by atoms with van der Waals surface area (Å²) in [6.45, 7) is 5.05. The lowest BCUT2D eigenvalue weighted by Gasteiger charge is -2.39. The van der Waals surface area contributed by atoms with Crippen molar-refractivity contribution in [1.29, 1.82) is 0 Å². The first-order chi connectivity index (χ1) is 11.1. The zero-order chi connectivity index (χ0) is 16.4. The molecule has 0 amide bonds. The summed E-state index contributed by atoms with van der Waals surface area (Å²) in [6.07, 6.45) is 2.80. The van der Waals surface area contributed by atoms with Gasteiger partial charge in [0, 0.05) is 4.88 Å². The molecular weight excluding hydrogens is 306 g/mol. The number of carboxylic acids is 1. The van der Waals surface area contributed by atoms with Gasteiger partial charge in [0.2, 0.25) is 0 Å². The number of thiophene rings is 1. The summed E-state index contributed by atoms with van der Waals surface area (Å²) in [7, 11) is 0. The number of hydrogen-bond acceptors (Lipinski definition) is 3. The van der Waals surface area contributed by atoms with Crippen molar-refractivity contribution in [1.82, 2.24) is 4.90 Å². The first kappa shape index (κ1) is 16.2. The molecule has 2 heterocycles. The lowest BCUT2D eigenvalue weighted by atomic mass is 9.93. The molecule has 1 aliphatic rings. The highest BCUT2D eigenvalue weighted by Gasteiger charge is 2.36.